The van der Waals surface area contributed by atoms with Crippen molar-refractivity contribution in [1.82, 2.24) is 9.78 Å². The lowest BCUT2D eigenvalue weighted by atomic mass is 10.2. The quantitative estimate of drug-likeness (QED) is 0.778. The van der Waals surface area contributed by atoms with E-state index in [0.717, 1.165) is 31.4 Å². The molecule has 0 radical (unpaired) electrons. The van der Waals surface area contributed by atoms with Crippen LogP contribution in [-0.2, 0) is 11.3 Å². The summed E-state index contributed by atoms with van der Waals surface area (Å²) in [5, 5.41) is 7.71. The summed E-state index contributed by atoms with van der Waals surface area (Å²) >= 11 is 0. The van der Waals surface area contributed by atoms with Crippen LogP contribution in [0, 0.1) is 5.92 Å². The van der Waals surface area contributed by atoms with Crippen LogP contribution in [-0.4, -0.2) is 29.0 Å². The molecule has 4 heteroatoms. The van der Waals surface area contributed by atoms with Crippen molar-refractivity contribution < 1.29 is 4.74 Å². The van der Waals surface area contributed by atoms with E-state index in [-0.39, 0.29) is 0 Å². The molecule has 76 valence electrons. The monoisotopic (exact) mass is 193 g/mol. The Morgan fingerprint density at radius 3 is 3.00 bits per heavy atom. The van der Waals surface area contributed by atoms with Crippen molar-refractivity contribution in [3.8, 4) is 0 Å². The number of hydrogen-bond donors (Lipinski definition) is 1. The van der Waals surface area contributed by atoms with Crippen molar-refractivity contribution in [3.05, 3.63) is 12.4 Å². The van der Waals surface area contributed by atoms with E-state index in [1.165, 1.54) is 12.8 Å². The highest BCUT2D eigenvalue weighted by molar-refractivity contribution is 5.39. The molecule has 1 saturated carbocycles. The summed E-state index contributed by atoms with van der Waals surface area (Å²) in [5.74, 6) is 0.884. The molecule has 0 spiro atoms. The maximum atomic E-state index is 5.10. The van der Waals surface area contributed by atoms with Gasteiger partial charge in [0.25, 0.3) is 0 Å². The van der Waals surface area contributed by atoms with Gasteiger partial charge in [-0.2, -0.15) is 5.10 Å². The lowest BCUT2D eigenvalue weighted by molar-refractivity contribution is 0.0211. The van der Waals surface area contributed by atoms with Crippen LogP contribution in [0.3, 0.4) is 0 Å². The van der Waals surface area contributed by atoms with Crippen LogP contribution in [0.4, 0.5) is 5.69 Å². The van der Waals surface area contributed by atoms with Gasteiger partial charge in [0.05, 0.1) is 31.1 Å². The third-order valence-corrected chi connectivity index (χ3v) is 2.78. The summed E-state index contributed by atoms with van der Waals surface area (Å²) < 4.78 is 7.14. The molecule has 1 aromatic rings. The van der Waals surface area contributed by atoms with E-state index in [9.17, 15) is 0 Å². The molecule has 0 atom stereocenters. The molecule has 1 aliphatic heterocycles. The smallest absolute Gasteiger partial charge is 0.0730 e. The molecule has 2 aliphatic rings. The highest BCUT2D eigenvalue weighted by Gasteiger charge is 2.22. The minimum atomic E-state index is 0.494. The van der Waals surface area contributed by atoms with Gasteiger partial charge < -0.3 is 10.1 Å². The average molecular weight is 193 g/mol. The fourth-order valence-corrected chi connectivity index (χ4v) is 1.66. The van der Waals surface area contributed by atoms with Gasteiger partial charge in [-0.1, -0.05) is 0 Å². The Hall–Kier alpha value is -1.03. The fourth-order valence-electron chi connectivity index (χ4n) is 1.66. The zero-order chi connectivity index (χ0) is 9.38. The molecule has 0 amide bonds. The van der Waals surface area contributed by atoms with E-state index in [1.807, 2.05) is 10.9 Å². The Labute approximate surface area is 83.2 Å². The van der Waals surface area contributed by atoms with Crippen LogP contribution in [0.5, 0.6) is 0 Å². The molecule has 3 rings (SSSR count). The Bertz CT molecular complexity index is 315. The zero-order valence-electron chi connectivity index (χ0n) is 8.15. The van der Waals surface area contributed by atoms with E-state index in [0.29, 0.717) is 6.04 Å². The van der Waals surface area contributed by atoms with Gasteiger partial charge in [-0.05, 0) is 18.8 Å². The summed E-state index contributed by atoms with van der Waals surface area (Å²) in [5.41, 5.74) is 1.12. The van der Waals surface area contributed by atoms with Crippen LogP contribution >= 0.6 is 0 Å². The van der Waals surface area contributed by atoms with E-state index < -0.39 is 0 Å². The van der Waals surface area contributed by atoms with Crippen LogP contribution in [0.1, 0.15) is 12.8 Å². The molecule has 0 unspecified atom stereocenters. The van der Waals surface area contributed by atoms with Gasteiger partial charge in [-0.25, -0.2) is 0 Å². The van der Waals surface area contributed by atoms with Crippen molar-refractivity contribution in [3.63, 3.8) is 0 Å². The molecule has 2 heterocycles. The minimum Gasteiger partial charge on any atom is -0.377 e. The average Bonchev–Trinajstić information content (AvgIpc) is 2.78. The largest absolute Gasteiger partial charge is 0.377 e. The van der Waals surface area contributed by atoms with E-state index in [2.05, 4.69) is 16.6 Å². The van der Waals surface area contributed by atoms with E-state index >= 15 is 0 Å². The zero-order valence-corrected chi connectivity index (χ0v) is 8.15. The lowest BCUT2D eigenvalue weighted by Gasteiger charge is -2.26. The van der Waals surface area contributed by atoms with Crippen LogP contribution in [0.2, 0.25) is 0 Å². The molecular formula is C10H15N3O. The highest BCUT2D eigenvalue weighted by Crippen LogP contribution is 2.30. The number of ether oxygens (including phenoxy) is 1. The topological polar surface area (TPSA) is 39.1 Å². The predicted molar refractivity (Wildman–Crippen MR) is 53.2 cm³/mol. The first-order chi connectivity index (χ1) is 6.90. The fraction of sp³-hybridized carbons (Fsp3) is 0.700. The van der Waals surface area contributed by atoms with Crippen molar-refractivity contribution >= 4 is 5.69 Å². The molecule has 4 nitrogen and oxygen atoms in total. The van der Waals surface area contributed by atoms with Crippen LogP contribution < -0.4 is 5.32 Å². The number of nitrogens with one attached hydrogen (secondary N) is 1. The van der Waals surface area contributed by atoms with Crippen molar-refractivity contribution in [1.29, 1.82) is 0 Å². The highest BCUT2D eigenvalue weighted by atomic mass is 16.5. The van der Waals surface area contributed by atoms with Gasteiger partial charge in [-0.3, -0.25) is 4.68 Å². The van der Waals surface area contributed by atoms with Gasteiger partial charge in [0, 0.05) is 12.7 Å². The Morgan fingerprint density at radius 1 is 1.50 bits per heavy atom. The standard InChI is InChI=1S/C10H15N3O/c1-2-8(1)4-13-5-9(3-11-13)12-10-6-14-7-10/h3,5,8,10,12H,1-2,4,6-7H2. The second-order valence-electron chi connectivity index (χ2n) is 4.27. The maximum absolute atomic E-state index is 5.10. The molecule has 1 saturated heterocycles. The molecule has 14 heavy (non-hydrogen) atoms. The number of hydrogen-bond acceptors (Lipinski definition) is 3. The van der Waals surface area contributed by atoms with Gasteiger partial charge >= 0.3 is 0 Å². The van der Waals surface area contributed by atoms with Crippen molar-refractivity contribution in [2.45, 2.75) is 25.4 Å². The first-order valence-corrected chi connectivity index (χ1v) is 5.27. The summed E-state index contributed by atoms with van der Waals surface area (Å²) in [4.78, 5) is 0. The third kappa shape index (κ3) is 1.75. The predicted octanol–water partition coefficient (Wildman–Crippen LogP) is 1.10. The first kappa shape index (κ1) is 8.29. The molecule has 1 N–H and O–H groups in total. The third-order valence-electron chi connectivity index (χ3n) is 2.78. The SMILES string of the molecule is c1nn(CC2CC2)cc1NC1COC1. The van der Waals surface area contributed by atoms with Gasteiger partial charge in [0.1, 0.15) is 0 Å². The minimum absolute atomic E-state index is 0.494. The van der Waals surface area contributed by atoms with E-state index in [1.54, 1.807) is 0 Å². The number of nitrogens with zero attached hydrogens (tertiary/aromatic N) is 2. The summed E-state index contributed by atoms with van der Waals surface area (Å²) in [6.45, 7) is 2.74. The molecule has 1 aromatic heterocycles. The molecule has 0 bridgehead atoms. The summed E-state index contributed by atoms with van der Waals surface area (Å²) in [7, 11) is 0. The summed E-state index contributed by atoms with van der Waals surface area (Å²) in [6.07, 6.45) is 6.75. The van der Waals surface area contributed by atoms with Crippen molar-refractivity contribution in [2.24, 2.45) is 5.92 Å². The maximum Gasteiger partial charge on any atom is 0.0730 e. The second-order valence-corrected chi connectivity index (χ2v) is 4.27. The molecule has 1 aliphatic carbocycles. The lowest BCUT2D eigenvalue weighted by Crippen LogP contribution is -2.40. The number of anilines is 1. The van der Waals surface area contributed by atoms with Gasteiger partial charge in [0.2, 0.25) is 0 Å². The van der Waals surface area contributed by atoms with Crippen LogP contribution in [0.15, 0.2) is 12.4 Å². The Balaban J connectivity index is 1.57. The van der Waals surface area contributed by atoms with Crippen molar-refractivity contribution in [2.75, 3.05) is 18.5 Å². The van der Waals surface area contributed by atoms with E-state index in [4.69, 9.17) is 4.74 Å². The number of aromatic nitrogens is 2. The normalized spacial score (nSPS) is 22.0. The summed E-state index contributed by atoms with van der Waals surface area (Å²) in [6, 6.07) is 0.494. The Morgan fingerprint density at radius 2 is 2.36 bits per heavy atom. The molecular weight excluding hydrogens is 178 g/mol. The van der Waals surface area contributed by atoms with Gasteiger partial charge in [-0.15, -0.1) is 0 Å². The first-order valence-electron chi connectivity index (χ1n) is 5.27. The molecule has 0 aromatic carbocycles. The van der Waals surface area contributed by atoms with Crippen LogP contribution in [0.25, 0.3) is 0 Å². The second kappa shape index (κ2) is 3.28. The molecule has 2 fully saturated rings. The Kier molecular flexibility index (Phi) is 1.94. The van der Waals surface area contributed by atoms with Gasteiger partial charge in [0.15, 0.2) is 0 Å². The number of rotatable bonds is 4.